The summed E-state index contributed by atoms with van der Waals surface area (Å²) in [5.74, 6) is -0.453. The molecule has 0 aliphatic carbocycles. The largest absolute Gasteiger partial charge is 0.419 e. The van der Waals surface area contributed by atoms with Crippen LogP contribution in [0.2, 0.25) is 0 Å². The fraction of sp³-hybridized carbons (Fsp3) is 0.120. The Bertz CT molecular complexity index is 1430. The molecule has 3 aromatic carbocycles. The molecule has 0 atom stereocenters. The number of benzene rings is 3. The Morgan fingerprint density at radius 2 is 1.67 bits per heavy atom. The van der Waals surface area contributed by atoms with Gasteiger partial charge in [0, 0.05) is 12.6 Å². The highest BCUT2D eigenvalue weighted by Gasteiger charge is 2.23. The lowest BCUT2D eigenvalue weighted by Crippen LogP contribution is -2.29. The molecule has 0 bridgehead atoms. The molecule has 8 heteroatoms. The highest BCUT2D eigenvalue weighted by molar-refractivity contribution is 5.87. The minimum Gasteiger partial charge on any atom is -0.408 e. The van der Waals surface area contributed by atoms with Gasteiger partial charge in [0.15, 0.2) is 5.58 Å². The maximum absolute atomic E-state index is 13.1. The van der Waals surface area contributed by atoms with Crippen LogP contribution in [-0.2, 0) is 18.4 Å². The van der Waals surface area contributed by atoms with Crippen LogP contribution in [0.5, 0.6) is 0 Å². The monoisotopic (exact) mass is 440 g/mol. The second-order valence-corrected chi connectivity index (χ2v) is 7.59. The molecule has 164 valence electrons. The van der Waals surface area contributed by atoms with Crippen molar-refractivity contribution in [3.63, 3.8) is 0 Å². The molecule has 0 spiro atoms. The van der Waals surface area contributed by atoms with Gasteiger partial charge in [0.1, 0.15) is 0 Å². The van der Waals surface area contributed by atoms with Crippen molar-refractivity contribution in [2.75, 3.05) is 0 Å². The van der Waals surface area contributed by atoms with Crippen LogP contribution in [0.1, 0.15) is 22.9 Å². The summed E-state index contributed by atoms with van der Waals surface area (Å²) in [6, 6.07) is 24.4. The molecule has 0 radical (unpaired) electrons. The van der Waals surface area contributed by atoms with Crippen molar-refractivity contribution in [1.29, 1.82) is 0 Å². The number of hydrogen-bond donors (Lipinski definition) is 1. The van der Waals surface area contributed by atoms with Crippen molar-refractivity contribution in [2.45, 2.75) is 12.5 Å². The first-order chi connectivity index (χ1) is 16.1. The van der Waals surface area contributed by atoms with E-state index in [0.717, 1.165) is 11.1 Å². The fourth-order valence-corrected chi connectivity index (χ4v) is 3.77. The third-order valence-electron chi connectivity index (χ3n) is 5.46. The molecule has 0 fully saturated rings. The molecule has 0 saturated carbocycles. The van der Waals surface area contributed by atoms with E-state index in [1.54, 1.807) is 25.2 Å². The number of rotatable bonds is 6. The average Bonchev–Trinajstić information content (AvgIpc) is 3.43. The molecule has 2 heterocycles. The van der Waals surface area contributed by atoms with E-state index in [-0.39, 0.29) is 18.3 Å². The van der Waals surface area contributed by atoms with Crippen LogP contribution < -0.4 is 11.1 Å². The number of fused-ring (bicyclic) bond motifs is 1. The minimum absolute atomic E-state index is 0.0880. The highest BCUT2D eigenvalue weighted by Crippen LogP contribution is 2.25. The van der Waals surface area contributed by atoms with E-state index < -0.39 is 11.7 Å². The summed E-state index contributed by atoms with van der Waals surface area (Å²) < 4.78 is 12.0. The van der Waals surface area contributed by atoms with Crippen LogP contribution in [0.15, 0.2) is 92.6 Å². The van der Waals surface area contributed by atoms with Gasteiger partial charge in [-0.2, -0.15) is 4.98 Å². The molecule has 0 aliphatic heterocycles. The molecule has 0 saturated heterocycles. The number of hydrogen-bond acceptors (Lipinski definition) is 6. The predicted molar refractivity (Wildman–Crippen MR) is 121 cm³/mol. The van der Waals surface area contributed by atoms with Gasteiger partial charge in [-0.05, 0) is 29.3 Å². The van der Waals surface area contributed by atoms with Gasteiger partial charge in [-0.1, -0.05) is 65.8 Å². The van der Waals surface area contributed by atoms with Crippen LogP contribution in [0.25, 0.3) is 22.5 Å². The Morgan fingerprint density at radius 1 is 1.00 bits per heavy atom. The smallest absolute Gasteiger partial charge is 0.408 e. The Balaban J connectivity index is 1.34. The number of nitrogens with one attached hydrogen (secondary N) is 1. The maximum atomic E-state index is 13.1. The molecule has 0 unspecified atom stereocenters. The summed E-state index contributed by atoms with van der Waals surface area (Å²) in [7, 11) is 1.64. The van der Waals surface area contributed by atoms with E-state index >= 15 is 0 Å². The molecule has 0 aliphatic rings. The van der Waals surface area contributed by atoms with Crippen LogP contribution in [0.4, 0.5) is 0 Å². The lowest BCUT2D eigenvalue weighted by molar-refractivity contribution is -0.122. The highest BCUT2D eigenvalue weighted by atomic mass is 16.5. The van der Waals surface area contributed by atoms with Gasteiger partial charge < -0.3 is 14.3 Å². The quantitative estimate of drug-likeness (QED) is 0.433. The zero-order valence-corrected chi connectivity index (χ0v) is 17.8. The lowest BCUT2D eigenvalue weighted by Gasteiger charge is -2.17. The summed E-state index contributed by atoms with van der Waals surface area (Å²) >= 11 is 0. The molecular formula is C25H20N4O4. The zero-order chi connectivity index (χ0) is 22.8. The molecule has 8 nitrogen and oxygen atoms in total. The van der Waals surface area contributed by atoms with E-state index in [1.807, 2.05) is 60.7 Å². The number of aryl methyl sites for hydroxylation is 1. The average molecular weight is 440 g/mol. The summed E-state index contributed by atoms with van der Waals surface area (Å²) in [4.78, 5) is 29.2. The summed E-state index contributed by atoms with van der Waals surface area (Å²) in [5, 5.41) is 6.90. The molecule has 1 amide bonds. The Morgan fingerprint density at radius 3 is 2.33 bits per heavy atom. The zero-order valence-electron chi connectivity index (χ0n) is 17.8. The van der Waals surface area contributed by atoms with Crippen molar-refractivity contribution < 1.29 is 13.7 Å². The van der Waals surface area contributed by atoms with Crippen molar-refractivity contribution in [1.82, 2.24) is 20.0 Å². The van der Waals surface area contributed by atoms with Crippen LogP contribution in [0.3, 0.4) is 0 Å². The minimum atomic E-state index is -0.460. The Hall–Kier alpha value is -4.46. The molecular weight excluding hydrogens is 420 g/mol. The first-order valence-electron chi connectivity index (χ1n) is 10.4. The van der Waals surface area contributed by atoms with Gasteiger partial charge in [0.25, 0.3) is 0 Å². The number of amides is 1. The van der Waals surface area contributed by atoms with Crippen LogP contribution in [0, 0.1) is 0 Å². The Labute approximate surface area is 188 Å². The number of oxazole rings is 1. The van der Waals surface area contributed by atoms with E-state index in [1.165, 1.54) is 4.57 Å². The van der Waals surface area contributed by atoms with Crippen LogP contribution >= 0.6 is 0 Å². The topological polar surface area (TPSA) is 103 Å². The SMILES string of the molecule is Cn1c(=O)oc2cc(-c3noc(CNC(=O)C(c4ccccc4)c4ccccc4)n3)ccc21. The van der Waals surface area contributed by atoms with Gasteiger partial charge in [0.2, 0.25) is 17.6 Å². The van der Waals surface area contributed by atoms with E-state index in [2.05, 4.69) is 15.5 Å². The third kappa shape index (κ3) is 4.06. The normalized spacial score (nSPS) is 11.2. The standard InChI is InChI=1S/C25H20N4O4/c1-29-19-13-12-18(14-20(19)32-25(29)31)23-27-21(33-28-23)15-26-24(30)22(16-8-4-2-5-9-16)17-10-6-3-7-11-17/h2-14,22H,15H2,1H3,(H,26,30). The molecule has 33 heavy (non-hydrogen) atoms. The third-order valence-corrected chi connectivity index (χ3v) is 5.46. The van der Waals surface area contributed by atoms with E-state index in [9.17, 15) is 9.59 Å². The molecule has 5 rings (SSSR count). The lowest BCUT2D eigenvalue weighted by atomic mass is 9.90. The number of carbonyl (C=O) groups excluding carboxylic acids is 1. The molecule has 2 aromatic heterocycles. The first kappa shape index (κ1) is 20.4. The molecule has 1 N–H and O–H groups in total. The van der Waals surface area contributed by atoms with E-state index in [0.29, 0.717) is 22.5 Å². The van der Waals surface area contributed by atoms with Crippen molar-refractivity contribution in [3.8, 4) is 11.4 Å². The van der Waals surface area contributed by atoms with Gasteiger partial charge >= 0.3 is 5.76 Å². The van der Waals surface area contributed by atoms with Gasteiger partial charge in [-0.25, -0.2) is 4.79 Å². The second kappa shape index (κ2) is 8.58. The second-order valence-electron chi connectivity index (χ2n) is 7.59. The fourth-order valence-electron chi connectivity index (χ4n) is 3.77. The number of nitrogens with zero attached hydrogens (tertiary/aromatic N) is 3. The number of carbonyl (C=O) groups is 1. The number of aromatic nitrogens is 3. The summed E-state index contributed by atoms with van der Waals surface area (Å²) in [5.41, 5.74) is 3.54. The van der Waals surface area contributed by atoms with E-state index in [4.69, 9.17) is 8.94 Å². The van der Waals surface area contributed by atoms with Crippen LogP contribution in [-0.4, -0.2) is 20.6 Å². The van der Waals surface area contributed by atoms with Crippen molar-refractivity contribution in [3.05, 3.63) is 106 Å². The van der Waals surface area contributed by atoms with Crippen molar-refractivity contribution >= 4 is 17.0 Å². The predicted octanol–water partition coefficient (Wildman–Crippen LogP) is 3.63. The maximum Gasteiger partial charge on any atom is 0.419 e. The van der Waals surface area contributed by atoms with Gasteiger partial charge in [0.05, 0.1) is 18.0 Å². The van der Waals surface area contributed by atoms with Crippen molar-refractivity contribution in [2.24, 2.45) is 7.05 Å². The summed E-state index contributed by atoms with van der Waals surface area (Å²) in [6.45, 7) is 0.0880. The summed E-state index contributed by atoms with van der Waals surface area (Å²) in [6.07, 6.45) is 0. The first-order valence-corrected chi connectivity index (χ1v) is 10.4. The Kier molecular flexibility index (Phi) is 5.32. The van der Waals surface area contributed by atoms with Gasteiger partial charge in [-0.3, -0.25) is 9.36 Å². The molecule has 5 aromatic rings. The van der Waals surface area contributed by atoms with Gasteiger partial charge in [-0.15, -0.1) is 0 Å².